The van der Waals surface area contributed by atoms with Gasteiger partial charge in [-0.2, -0.15) is 18.4 Å². The normalized spacial score (nSPS) is 20.0. The van der Waals surface area contributed by atoms with E-state index >= 15 is 0 Å². The lowest BCUT2D eigenvalue weighted by molar-refractivity contribution is -0.137. The van der Waals surface area contributed by atoms with E-state index in [-0.39, 0.29) is 17.9 Å². The van der Waals surface area contributed by atoms with Gasteiger partial charge in [-0.05, 0) is 31.0 Å². The monoisotopic (exact) mass is 362 g/mol. The Morgan fingerprint density at radius 2 is 2.04 bits per heavy atom. The minimum absolute atomic E-state index is 0.133. The van der Waals surface area contributed by atoms with Crippen molar-refractivity contribution >= 4 is 15.5 Å². The lowest BCUT2D eigenvalue weighted by atomic mass is 9.94. The molecule has 0 radical (unpaired) electrons. The zero-order valence-corrected chi connectivity index (χ0v) is 13.9. The summed E-state index contributed by atoms with van der Waals surface area (Å²) in [6, 6.07) is 2.73. The van der Waals surface area contributed by atoms with Crippen LogP contribution in [0, 0.1) is 11.3 Å². The molecule has 5 nitrogen and oxygen atoms in total. The van der Waals surface area contributed by atoms with E-state index in [9.17, 15) is 26.7 Å². The van der Waals surface area contributed by atoms with E-state index in [0.29, 0.717) is 5.56 Å². The second-order valence-electron chi connectivity index (χ2n) is 6.10. The minimum Gasteiger partial charge on any atom is -0.387 e. The Bertz CT molecular complexity index is 795. The van der Waals surface area contributed by atoms with Crippen LogP contribution in [0.2, 0.25) is 0 Å². The van der Waals surface area contributed by atoms with Crippen molar-refractivity contribution in [3.63, 3.8) is 0 Å². The molecule has 0 saturated carbocycles. The minimum atomic E-state index is -4.67. The molecule has 2 atom stereocenters. The van der Waals surface area contributed by atoms with E-state index in [0.717, 1.165) is 12.1 Å². The number of anilines is 1. The maximum atomic E-state index is 13.0. The number of hydrogen-bond acceptors (Lipinski definition) is 5. The predicted octanol–water partition coefficient (Wildman–Crippen LogP) is 2.10. The van der Waals surface area contributed by atoms with Crippen LogP contribution in [0.3, 0.4) is 0 Å². The summed E-state index contributed by atoms with van der Waals surface area (Å²) in [5, 5.41) is 22.2. The molecular formula is C15H17F3N2O3S. The fourth-order valence-electron chi connectivity index (χ4n) is 2.76. The van der Waals surface area contributed by atoms with E-state index in [4.69, 9.17) is 5.26 Å². The molecule has 1 aromatic rings. The fourth-order valence-corrected chi connectivity index (χ4v) is 4.05. The summed E-state index contributed by atoms with van der Waals surface area (Å²) >= 11 is 0. The molecule has 0 aliphatic carbocycles. The third kappa shape index (κ3) is 3.65. The summed E-state index contributed by atoms with van der Waals surface area (Å²) < 4.78 is 62.5. The van der Waals surface area contributed by atoms with E-state index in [2.05, 4.69) is 5.32 Å². The molecule has 0 amide bonds. The van der Waals surface area contributed by atoms with Crippen molar-refractivity contribution in [2.45, 2.75) is 38.1 Å². The highest BCUT2D eigenvalue weighted by Crippen LogP contribution is 2.39. The molecule has 0 fully saturated rings. The van der Waals surface area contributed by atoms with Crippen molar-refractivity contribution in [1.29, 1.82) is 5.26 Å². The first-order valence-corrected chi connectivity index (χ1v) is 9.05. The molecule has 1 aliphatic rings. The summed E-state index contributed by atoms with van der Waals surface area (Å²) in [7, 11) is -3.47. The maximum absolute atomic E-state index is 13.0. The Balaban J connectivity index is 2.35. The molecule has 0 bridgehead atoms. The standard InChI is InChI=1S/C15H17F3N2O3S/c1-3-24(22,23)8-14(2,21)13-5-9-4-10(7-19)11(15(16,17)18)6-12(9)20-13/h4,6,13,20-21H,3,5,8H2,1-2H3. The van der Waals surface area contributed by atoms with Crippen molar-refractivity contribution in [3.05, 3.63) is 28.8 Å². The lowest BCUT2D eigenvalue weighted by Crippen LogP contribution is -2.48. The number of nitrogens with zero attached hydrogens (tertiary/aromatic N) is 1. The smallest absolute Gasteiger partial charge is 0.387 e. The number of rotatable bonds is 4. The second kappa shape index (κ2) is 5.93. The first-order chi connectivity index (χ1) is 10.9. The Morgan fingerprint density at radius 3 is 2.54 bits per heavy atom. The van der Waals surface area contributed by atoms with E-state index in [1.165, 1.54) is 19.9 Å². The number of nitriles is 1. The highest BCUT2D eigenvalue weighted by molar-refractivity contribution is 7.91. The van der Waals surface area contributed by atoms with Gasteiger partial charge in [0.15, 0.2) is 9.84 Å². The van der Waals surface area contributed by atoms with Gasteiger partial charge in [0, 0.05) is 11.4 Å². The fraction of sp³-hybridized carbons (Fsp3) is 0.533. The third-order valence-corrected chi connectivity index (χ3v) is 6.03. The average Bonchev–Trinajstić information content (AvgIpc) is 2.87. The topological polar surface area (TPSA) is 90.2 Å². The van der Waals surface area contributed by atoms with Gasteiger partial charge in [-0.25, -0.2) is 8.42 Å². The quantitative estimate of drug-likeness (QED) is 0.856. The maximum Gasteiger partial charge on any atom is 0.417 e. The van der Waals surface area contributed by atoms with Crippen LogP contribution >= 0.6 is 0 Å². The van der Waals surface area contributed by atoms with Crippen LogP contribution in [0.5, 0.6) is 0 Å². The molecule has 2 unspecified atom stereocenters. The summed E-state index contributed by atoms with van der Waals surface area (Å²) in [5.74, 6) is -0.640. The molecule has 0 aromatic heterocycles. The van der Waals surface area contributed by atoms with Gasteiger partial charge in [-0.1, -0.05) is 6.92 Å². The van der Waals surface area contributed by atoms with Gasteiger partial charge in [-0.15, -0.1) is 0 Å². The number of alkyl halides is 3. The molecule has 1 heterocycles. The van der Waals surface area contributed by atoms with Gasteiger partial charge >= 0.3 is 6.18 Å². The van der Waals surface area contributed by atoms with Crippen molar-refractivity contribution < 1.29 is 26.7 Å². The van der Waals surface area contributed by atoms with Gasteiger partial charge in [0.2, 0.25) is 0 Å². The summed E-state index contributed by atoms with van der Waals surface area (Å²) in [5.41, 5.74) is -2.61. The number of nitrogens with one attached hydrogen (secondary N) is 1. The Hall–Kier alpha value is -1.79. The number of sulfone groups is 1. The van der Waals surface area contributed by atoms with Gasteiger partial charge < -0.3 is 10.4 Å². The van der Waals surface area contributed by atoms with Crippen molar-refractivity contribution in [2.75, 3.05) is 16.8 Å². The highest BCUT2D eigenvalue weighted by Gasteiger charge is 2.41. The zero-order valence-electron chi connectivity index (χ0n) is 13.1. The number of aliphatic hydroxyl groups is 1. The summed E-state index contributed by atoms with van der Waals surface area (Å²) in [6.07, 6.45) is -4.54. The first-order valence-electron chi connectivity index (χ1n) is 7.23. The van der Waals surface area contributed by atoms with E-state index in [1.54, 1.807) is 0 Å². The Kier molecular flexibility index (Phi) is 4.59. The van der Waals surface area contributed by atoms with Crippen LogP contribution < -0.4 is 5.32 Å². The molecule has 1 aliphatic heterocycles. The molecule has 0 spiro atoms. The molecule has 9 heteroatoms. The van der Waals surface area contributed by atoms with Gasteiger partial charge in [0.25, 0.3) is 0 Å². The number of hydrogen-bond donors (Lipinski definition) is 2. The van der Waals surface area contributed by atoms with Crippen LogP contribution in [0.15, 0.2) is 12.1 Å². The van der Waals surface area contributed by atoms with Crippen LogP contribution in [0.25, 0.3) is 0 Å². The van der Waals surface area contributed by atoms with Crippen molar-refractivity contribution in [3.8, 4) is 6.07 Å². The molecule has 0 saturated heterocycles. The van der Waals surface area contributed by atoms with Gasteiger partial charge in [0.1, 0.15) is 0 Å². The predicted molar refractivity (Wildman–Crippen MR) is 82.2 cm³/mol. The van der Waals surface area contributed by atoms with Crippen LogP contribution in [0.1, 0.15) is 30.5 Å². The highest BCUT2D eigenvalue weighted by atomic mass is 32.2. The molecule has 1 aromatic carbocycles. The zero-order chi connectivity index (χ0) is 18.3. The SMILES string of the molecule is CCS(=O)(=O)CC(C)(O)C1Cc2cc(C#N)c(C(F)(F)F)cc2N1. The largest absolute Gasteiger partial charge is 0.417 e. The lowest BCUT2D eigenvalue weighted by Gasteiger charge is -2.30. The molecule has 24 heavy (non-hydrogen) atoms. The molecule has 2 N–H and O–H groups in total. The Labute approximate surface area is 138 Å². The van der Waals surface area contributed by atoms with E-state index < -0.39 is 44.5 Å². The van der Waals surface area contributed by atoms with Crippen molar-refractivity contribution in [1.82, 2.24) is 0 Å². The van der Waals surface area contributed by atoms with Crippen LogP contribution in [-0.2, 0) is 22.4 Å². The van der Waals surface area contributed by atoms with Crippen LogP contribution in [0.4, 0.5) is 18.9 Å². The average molecular weight is 362 g/mol. The second-order valence-corrected chi connectivity index (χ2v) is 8.45. The summed E-state index contributed by atoms with van der Waals surface area (Å²) in [4.78, 5) is 0. The molecule has 2 rings (SSSR count). The third-order valence-electron chi connectivity index (χ3n) is 4.13. The molecule has 132 valence electrons. The van der Waals surface area contributed by atoms with Gasteiger partial charge in [0.05, 0.1) is 34.6 Å². The molecular weight excluding hydrogens is 345 g/mol. The first kappa shape index (κ1) is 18.5. The number of halogens is 3. The number of fused-ring (bicyclic) bond motifs is 1. The summed E-state index contributed by atoms with van der Waals surface area (Å²) in [6.45, 7) is 2.79. The van der Waals surface area contributed by atoms with Crippen molar-refractivity contribution in [2.24, 2.45) is 0 Å². The number of benzene rings is 1. The van der Waals surface area contributed by atoms with Gasteiger partial charge in [-0.3, -0.25) is 0 Å². The Morgan fingerprint density at radius 1 is 1.42 bits per heavy atom. The van der Waals surface area contributed by atoms with Crippen LogP contribution in [-0.4, -0.2) is 36.7 Å². The van der Waals surface area contributed by atoms with E-state index in [1.807, 2.05) is 0 Å².